The molecule has 1 aromatic carbocycles. The van der Waals surface area contributed by atoms with Gasteiger partial charge in [0, 0.05) is 23.6 Å². The van der Waals surface area contributed by atoms with Crippen LogP contribution in [0.5, 0.6) is 0 Å². The lowest BCUT2D eigenvalue weighted by Crippen LogP contribution is -2.27. The van der Waals surface area contributed by atoms with E-state index in [1.54, 1.807) is 12.1 Å². The summed E-state index contributed by atoms with van der Waals surface area (Å²) in [6.07, 6.45) is 5.80. The number of hydrogen-bond acceptors (Lipinski definition) is 2. The summed E-state index contributed by atoms with van der Waals surface area (Å²) in [5.41, 5.74) is 0.774. The van der Waals surface area contributed by atoms with E-state index in [1.807, 2.05) is 12.1 Å². The molecule has 1 aliphatic rings. The van der Waals surface area contributed by atoms with Gasteiger partial charge in [-0.05, 0) is 62.5 Å². The maximum Gasteiger partial charge on any atom is 0.164 e. The van der Waals surface area contributed by atoms with Gasteiger partial charge in [0.05, 0.1) is 0 Å². The predicted octanol–water partition coefficient (Wildman–Crippen LogP) is 4.42. The molecule has 0 N–H and O–H groups in total. The van der Waals surface area contributed by atoms with Gasteiger partial charge in [-0.25, -0.2) is 0 Å². The molecule has 0 saturated carbocycles. The molecule has 0 amide bonds. The van der Waals surface area contributed by atoms with Gasteiger partial charge in [-0.15, -0.1) is 0 Å². The van der Waals surface area contributed by atoms with Gasteiger partial charge in [-0.1, -0.05) is 24.9 Å². The Hall–Kier alpha value is -0.860. The molecule has 0 aromatic heterocycles. The molecule has 1 atom stereocenters. The van der Waals surface area contributed by atoms with Crippen molar-refractivity contribution in [2.75, 3.05) is 19.6 Å². The number of benzene rings is 1. The minimum Gasteiger partial charge on any atom is -0.303 e. The van der Waals surface area contributed by atoms with Crippen LogP contribution < -0.4 is 0 Å². The highest BCUT2D eigenvalue weighted by atomic mass is 35.5. The van der Waals surface area contributed by atoms with Crippen LogP contribution in [0.25, 0.3) is 0 Å². The van der Waals surface area contributed by atoms with Crippen molar-refractivity contribution >= 4 is 17.4 Å². The summed E-state index contributed by atoms with van der Waals surface area (Å²) in [4.78, 5) is 14.6. The molecule has 1 unspecified atom stereocenters. The van der Waals surface area contributed by atoms with Crippen LogP contribution in [0, 0.1) is 5.92 Å². The molecule has 1 aromatic rings. The van der Waals surface area contributed by atoms with Gasteiger partial charge in [0.1, 0.15) is 0 Å². The second kappa shape index (κ2) is 7.80. The summed E-state index contributed by atoms with van der Waals surface area (Å²) in [5, 5.41) is 0.680. The lowest BCUT2D eigenvalue weighted by Gasteiger charge is -2.19. The molecular formula is C17H24ClNO. The lowest BCUT2D eigenvalue weighted by molar-refractivity contribution is 0.0964. The van der Waals surface area contributed by atoms with Crippen molar-refractivity contribution in [2.24, 2.45) is 5.92 Å². The molecule has 1 fully saturated rings. The summed E-state index contributed by atoms with van der Waals surface area (Å²) >= 11 is 5.84. The minimum atomic E-state index is 0.220. The van der Waals surface area contributed by atoms with Crippen LogP contribution in [0.4, 0.5) is 0 Å². The zero-order valence-electron chi connectivity index (χ0n) is 12.3. The first-order valence-electron chi connectivity index (χ1n) is 7.70. The van der Waals surface area contributed by atoms with Crippen molar-refractivity contribution in [3.63, 3.8) is 0 Å². The van der Waals surface area contributed by atoms with E-state index >= 15 is 0 Å². The first-order valence-corrected chi connectivity index (χ1v) is 8.08. The Bertz CT molecular complexity index is 429. The maximum absolute atomic E-state index is 12.1. The highest BCUT2D eigenvalue weighted by Crippen LogP contribution is 2.20. The molecule has 1 saturated heterocycles. The first-order chi connectivity index (χ1) is 9.69. The third-order valence-corrected chi connectivity index (χ3v) is 4.59. The van der Waals surface area contributed by atoms with E-state index in [-0.39, 0.29) is 5.78 Å². The van der Waals surface area contributed by atoms with Crippen molar-refractivity contribution in [2.45, 2.75) is 39.0 Å². The molecule has 1 heterocycles. The third-order valence-electron chi connectivity index (χ3n) is 4.34. The number of carbonyl (C=O) groups excluding carboxylic acids is 1. The Kier molecular flexibility index (Phi) is 6.06. The number of ketones is 1. The van der Waals surface area contributed by atoms with E-state index < -0.39 is 0 Å². The van der Waals surface area contributed by atoms with Crippen LogP contribution >= 0.6 is 11.6 Å². The fraction of sp³-hybridized carbons (Fsp3) is 0.588. The fourth-order valence-corrected chi connectivity index (χ4v) is 3.02. The summed E-state index contributed by atoms with van der Waals surface area (Å²) in [6.45, 7) is 5.46. The van der Waals surface area contributed by atoms with E-state index in [4.69, 9.17) is 11.6 Å². The van der Waals surface area contributed by atoms with Crippen molar-refractivity contribution in [1.29, 1.82) is 0 Å². The molecule has 0 aliphatic carbocycles. The van der Waals surface area contributed by atoms with E-state index in [1.165, 1.54) is 25.7 Å². The molecule has 110 valence electrons. The maximum atomic E-state index is 12.1. The molecule has 0 bridgehead atoms. The normalized spacial score (nSPS) is 20.6. The molecule has 2 nitrogen and oxygen atoms in total. The number of hydrogen-bond donors (Lipinski definition) is 0. The number of Topliss-reactive ketones (excluding diaryl/α,β-unsaturated/α-hetero) is 1. The highest BCUT2D eigenvalue weighted by Gasteiger charge is 2.16. The number of carbonyl (C=O) groups is 1. The van der Waals surface area contributed by atoms with Gasteiger partial charge in [0.2, 0.25) is 0 Å². The summed E-state index contributed by atoms with van der Waals surface area (Å²) in [6, 6.07) is 7.21. The summed E-state index contributed by atoms with van der Waals surface area (Å²) in [5.74, 6) is 1.10. The highest BCUT2D eigenvalue weighted by molar-refractivity contribution is 6.30. The third kappa shape index (κ3) is 4.60. The molecule has 0 radical (unpaired) electrons. The molecule has 0 spiro atoms. The van der Waals surface area contributed by atoms with E-state index in [2.05, 4.69) is 11.8 Å². The average Bonchev–Trinajstić information content (AvgIpc) is 2.70. The Morgan fingerprint density at radius 3 is 2.70 bits per heavy atom. The van der Waals surface area contributed by atoms with Crippen molar-refractivity contribution in [3.8, 4) is 0 Å². The SMILES string of the molecule is CCC1CCCN(CCC(=O)c2ccc(Cl)cc2)CC1. The van der Waals surface area contributed by atoms with Crippen LogP contribution in [-0.2, 0) is 0 Å². The Labute approximate surface area is 127 Å². The monoisotopic (exact) mass is 293 g/mol. The zero-order valence-corrected chi connectivity index (χ0v) is 13.0. The molecule has 2 rings (SSSR count). The minimum absolute atomic E-state index is 0.220. The average molecular weight is 294 g/mol. The quantitative estimate of drug-likeness (QED) is 0.749. The van der Waals surface area contributed by atoms with Gasteiger partial charge in [0.25, 0.3) is 0 Å². The second-order valence-corrected chi connectivity index (χ2v) is 6.16. The standard InChI is InChI=1S/C17H24ClNO/c1-2-14-4-3-11-19(12-9-14)13-10-17(20)15-5-7-16(18)8-6-15/h5-8,14H,2-4,9-13H2,1H3. The molecule has 1 aliphatic heterocycles. The fourth-order valence-electron chi connectivity index (χ4n) is 2.90. The number of halogens is 1. The van der Waals surface area contributed by atoms with Gasteiger partial charge in [-0.3, -0.25) is 4.79 Å². The lowest BCUT2D eigenvalue weighted by atomic mass is 9.98. The number of likely N-dealkylation sites (tertiary alicyclic amines) is 1. The Morgan fingerprint density at radius 2 is 2.00 bits per heavy atom. The van der Waals surface area contributed by atoms with Gasteiger partial charge < -0.3 is 4.90 Å². The van der Waals surface area contributed by atoms with Gasteiger partial charge in [-0.2, -0.15) is 0 Å². The van der Waals surface area contributed by atoms with Crippen LogP contribution in [0.15, 0.2) is 24.3 Å². The number of rotatable bonds is 5. The van der Waals surface area contributed by atoms with E-state index in [9.17, 15) is 4.79 Å². The van der Waals surface area contributed by atoms with Gasteiger partial charge >= 0.3 is 0 Å². The van der Waals surface area contributed by atoms with Crippen molar-refractivity contribution in [3.05, 3.63) is 34.9 Å². The van der Waals surface area contributed by atoms with Crippen molar-refractivity contribution in [1.82, 2.24) is 4.90 Å². The smallest absolute Gasteiger partial charge is 0.164 e. The number of nitrogens with zero attached hydrogens (tertiary/aromatic N) is 1. The first kappa shape index (κ1) is 15.5. The van der Waals surface area contributed by atoms with Crippen LogP contribution in [0.2, 0.25) is 5.02 Å². The van der Waals surface area contributed by atoms with Gasteiger partial charge in [0.15, 0.2) is 5.78 Å². The van der Waals surface area contributed by atoms with Crippen LogP contribution in [0.3, 0.4) is 0 Å². The van der Waals surface area contributed by atoms with Crippen LogP contribution in [0.1, 0.15) is 49.4 Å². The van der Waals surface area contributed by atoms with Crippen LogP contribution in [-0.4, -0.2) is 30.3 Å². The topological polar surface area (TPSA) is 20.3 Å². The second-order valence-electron chi connectivity index (χ2n) is 5.73. The Morgan fingerprint density at radius 1 is 1.25 bits per heavy atom. The van der Waals surface area contributed by atoms with E-state index in [0.717, 1.165) is 31.1 Å². The predicted molar refractivity (Wildman–Crippen MR) is 84.5 cm³/mol. The summed E-state index contributed by atoms with van der Waals surface area (Å²) < 4.78 is 0. The Balaban J connectivity index is 1.79. The largest absolute Gasteiger partial charge is 0.303 e. The summed E-state index contributed by atoms with van der Waals surface area (Å²) in [7, 11) is 0. The molecule has 3 heteroatoms. The van der Waals surface area contributed by atoms with E-state index in [0.29, 0.717) is 11.4 Å². The van der Waals surface area contributed by atoms with Crippen molar-refractivity contribution < 1.29 is 4.79 Å². The molecule has 20 heavy (non-hydrogen) atoms. The zero-order chi connectivity index (χ0) is 14.4. The molecular weight excluding hydrogens is 270 g/mol.